The summed E-state index contributed by atoms with van der Waals surface area (Å²) in [7, 11) is 5.62. The van der Waals surface area contributed by atoms with Crippen LogP contribution in [0.25, 0.3) is 11.4 Å². The van der Waals surface area contributed by atoms with Crippen LogP contribution in [0, 0.1) is 0 Å². The Bertz CT molecular complexity index is 984. The molecule has 2 aromatic carbocycles. The lowest BCUT2D eigenvalue weighted by atomic mass is 10.1. The molecule has 0 aliphatic heterocycles. The molecule has 1 heterocycles. The summed E-state index contributed by atoms with van der Waals surface area (Å²) in [6, 6.07) is 15.4. The van der Waals surface area contributed by atoms with Crippen molar-refractivity contribution in [3.05, 3.63) is 60.0 Å². The van der Waals surface area contributed by atoms with Crippen LogP contribution in [0.4, 0.5) is 0 Å². The van der Waals surface area contributed by atoms with E-state index in [0.29, 0.717) is 31.3 Å². The molecule has 1 aromatic heterocycles. The molecule has 0 bridgehead atoms. The van der Waals surface area contributed by atoms with Gasteiger partial charge in [-0.15, -0.1) is 0 Å². The molecule has 3 aromatic rings. The van der Waals surface area contributed by atoms with E-state index in [-0.39, 0.29) is 18.4 Å². The second kappa shape index (κ2) is 11.3. The standard InChI is InChI=1S/C24H30N4O4/c1-5-31-20-12-8-18(9-13-20)24-26-23(32-27-24)15-14-22(29)25-16-21(28(2)3)17-6-10-19(30-4)11-7-17/h6-13,21H,5,14-16H2,1-4H3,(H,25,29). The Morgan fingerprint density at radius 3 is 2.41 bits per heavy atom. The third-order valence-corrected chi connectivity index (χ3v) is 5.07. The highest BCUT2D eigenvalue weighted by molar-refractivity contribution is 5.76. The van der Waals surface area contributed by atoms with Gasteiger partial charge >= 0.3 is 0 Å². The topological polar surface area (TPSA) is 89.7 Å². The summed E-state index contributed by atoms with van der Waals surface area (Å²) < 4.78 is 16.0. The molecule has 1 unspecified atom stereocenters. The van der Waals surface area contributed by atoms with Gasteiger partial charge in [-0.1, -0.05) is 17.3 Å². The molecule has 0 spiro atoms. The number of nitrogens with one attached hydrogen (secondary N) is 1. The van der Waals surface area contributed by atoms with Crippen molar-refractivity contribution in [1.82, 2.24) is 20.4 Å². The number of carbonyl (C=O) groups excluding carboxylic acids is 1. The van der Waals surface area contributed by atoms with E-state index in [1.165, 1.54) is 0 Å². The zero-order valence-electron chi connectivity index (χ0n) is 19.0. The number of hydrogen-bond donors (Lipinski definition) is 1. The third-order valence-electron chi connectivity index (χ3n) is 5.07. The van der Waals surface area contributed by atoms with Gasteiger partial charge in [-0.25, -0.2) is 0 Å². The molecule has 0 fully saturated rings. The van der Waals surface area contributed by atoms with Gasteiger partial charge in [-0.05, 0) is 63.0 Å². The van der Waals surface area contributed by atoms with Crippen LogP contribution in [0.5, 0.6) is 11.5 Å². The van der Waals surface area contributed by atoms with Crippen molar-refractivity contribution in [3.8, 4) is 22.9 Å². The number of amides is 1. The van der Waals surface area contributed by atoms with Crippen LogP contribution in [-0.2, 0) is 11.2 Å². The zero-order chi connectivity index (χ0) is 22.9. The van der Waals surface area contributed by atoms with Gasteiger partial charge in [0.05, 0.1) is 19.8 Å². The first kappa shape index (κ1) is 23.3. The Balaban J connectivity index is 1.50. The van der Waals surface area contributed by atoms with Crippen LogP contribution >= 0.6 is 0 Å². The molecule has 1 atom stereocenters. The van der Waals surface area contributed by atoms with Crippen LogP contribution in [0.1, 0.15) is 30.8 Å². The summed E-state index contributed by atoms with van der Waals surface area (Å²) in [5.74, 6) is 2.46. The number of methoxy groups -OCH3 is 1. The third kappa shape index (κ3) is 6.31. The molecular formula is C24H30N4O4. The van der Waals surface area contributed by atoms with Crippen molar-refractivity contribution in [2.75, 3.05) is 34.4 Å². The molecule has 1 N–H and O–H groups in total. The van der Waals surface area contributed by atoms with Crippen molar-refractivity contribution in [3.63, 3.8) is 0 Å². The quantitative estimate of drug-likeness (QED) is 0.490. The molecule has 170 valence electrons. The molecule has 0 aliphatic carbocycles. The van der Waals surface area contributed by atoms with Crippen molar-refractivity contribution in [1.29, 1.82) is 0 Å². The predicted molar refractivity (Wildman–Crippen MR) is 122 cm³/mol. The van der Waals surface area contributed by atoms with Gasteiger partial charge in [0, 0.05) is 24.9 Å². The maximum absolute atomic E-state index is 12.4. The van der Waals surface area contributed by atoms with Gasteiger partial charge < -0.3 is 24.2 Å². The second-order valence-electron chi connectivity index (χ2n) is 7.53. The van der Waals surface area contributed by atoms with E-state index in [0.717, 1.165) is 22.6 Å². The number of benzene rings is 2. The highest BCUT2D eigenvalue weighted by Gasteiger charge is 2.16. The van der Waals surface area contributed by atoms with Crippen LogP contribution < -0.4 is 14.8 Å². The second-order valence-corrected chi connectivity index (χ2v) is 7.53. The first-order valence-electron chi connectivity index (χ1n) is 10.6. The maximum atomic E-state index is 12.4. The number of carbonyl (C=O) groups is 1. The van der Waals surface area contributed by atoms with E-state index >= 15 is 0 Å². The van der Waals surface area contributed by atoms with Crippen molar-refractivity contribution >= 4 is 5.91 Å². The summed E-state index contributed by atoms with van der Waals surface area (Å²) in [5.41, 5.74) is 1.94. The number of ether oxygens (including phenoxy) is 2. The van der Waals surface area contributed by atoms with E-state index in [1.54, 1.807) is 7.11 Å². The van der Waals surface area contributed by atoms with Gasteiger partial charge in [0.1, 0.15) is 11.5 Å². The summed E-state index contributed by atoms with van der Waals surface area (Å²) in [6.07, 6.45) is 0.651. The number of aryl methyl sites for hydroxylation is 1. The lowest BCUT2D eigenvalue weighted by Crippen LogP contribution is -2.34. The molecule has 8 heteroatoms. The molecule has 0 saturated carbocycles. The lowest BCUT2D eigenvalue weighted by molar-refractivity contribution is -0.121. The van der Waals surface area contributed by atoms with Crippen LogP contribution in [0.3, 0.4) is 0 Å². The Kier molecular flexibility index (Phi) is 8.21. The predicted octanol–water partition coefficient (Wildman–Crippen LogP) is 3.50. The van der Waals surface area contributed by atoms with Gasteiger partial charge in [0.25, 0.3) is 0 Å². The Morgan fingerprint density at radius 1 is 1.09 bits per heavy atom. The largest absolute Gasteiger partial charge is 0.497 e. The molecule has 3 rings (SSSR count). The van der Waals surface area contributed by atoms with Gasteiger partial charge in [0.2, 0.25) is 17.6 Å². The SMILES string of the molecule is CCOc1ccc(-c2noc(CCC(=O)NCC(c3ccc(OC)cc3)N(C)C)n2)cc1. The molecule has 8 nitrogen and oxygen atoms in total. The van der Waals surface area contributed by atoms with Crippen molar-refractivity contribution in [2.24, 2.45) is 0 Å². The fourth-order valence-electron chi connectivity index (χ4n) is 3.28. The van der Waals surface area contributed by atoms with Gasteiger partial charge in [0.15, 0.2) is 0 Å². The fourth-order valence-corrected chi connectivity index (χ4v) is 3.28. The highest BCUT2D eigenvalue weighted by Crippen LogP contribution is 2.22. The summed E-state index contributed by atoms with van der Waals surface area (Å²) >= 11 is 0. The number of nitrogens with zero attached hydrogens (tertiary/aromatic N) is 3. The average Bonchev–Trinajstić information content (AvgIpc) is 3.28. The average molecular weight is 439 g/mol. The van der Waals surface area contributed by atoms with E-state index in [4.69, 9.17) is 14.0 Å². The molecule has 0 radical (unpaired) electrons. The van der Waals surface area contributed by atoms with Gasteiger partial charge in [-0.3, -0.25) is 4.79 Å². The minimum absolute atomic E-state index is 0.0551. The van der Waals surface area contributed by atoms with Crippen LogP contribution in [-0.4, -0.2) is 55.3 Å². The fraction of sp³-hybridized carbons (Fsp3) is 0.375. The molecule has 32 heavy (non-hydrogen) atoms. The highest BCUT2D eigenvalue weighted by atomic mass is 16.5. The zero-order valence-corrected chi connectivity index (χ0v) is 19.0. The van der Waals surface area contributed by atoms with E-state index in [1.807, 2.05) is 69.6 Å². The van der Waals surface area contributed by atoms with E-state index in [2.05, 4.69) is 20.4 Å². The molecular weight excluding hydrogens is 408 g/mol. The Labute approximate surface area is 188 Å². The lowest BCUT2D eigenvalue weighted by Gasteiger charge is -2.25. The number of hydrogen-bond acceptors (Lipinski definition) is 7. The van der Waals surface area contributed by atoms with Crippen LogP contribution in [0.2, 0.25) is 0 Å². The molecule has 0 saturated heterocycles. The summed E-state index contributed by atoms with van der Waals surface area (Å²) in [5, 5.41) is 7.02. The normalized spacial score (nSPS) is 11.9. The van der Waals surface area contributed by atoms with E-state index < -0.39 is 0 Å². The first-order chi connectivity index (χ1) is 15.5. The van der Waals surface area contributed by atoms with E-state index in [9.17, 15) is 4.79 Å². The Morgan fingerprint density at radius 2 is 1.78 bits per heavy atom. The number of rotatable bonds is 11. The minimum Gasteiger partial charge on any atom is -0.497 e. The number of likely N-dealkylation sites (N-methyl/N-ethyl adjacent to an activating group) is 1. The minimum atomic E-state index is -0.0637. The van der Waals surface area contributed by atoms with Gasteiger partial charge in [-0.2, -0.15) is 4.98 Å². The van der Waals surface area contributed by atoms with Crippen LogP contribution in [0.15, 0.2) is 53.1 Å². The molecule has 0 aliphatic rings. The maximum Gasteiger partial charge on any atom is 0.227 e. The summed E-state index contributed by atoms with van der Waals surface area (Å²) in [6.45, 7) is 3.05. The first-order valence-corrected chi connectivity index (χ1v) is 10.6. The van der Waals surface area contributed by atoms with Crippen molar-refractivity contribution < 1.29 is 18.8 Å². The number of aromatic nitrogens is 2. The monoisotopic (exact) mass is 438 g/mol. The summed E-state index contributed by atoms with van der Waals surface area (Å²) in [4.78, 5) is 18.9. The van der Waals surface area contributed by atoms with Crippen molar-refractivity contribution in [2.45, 2.75) is 25.8 Å². The molecule has 1 amide bonds. The smallest absolute Gasteiger partial charge is 0.227 e. The Hall–Kier alpha value is -3.39.